The summed E-state index contributed by atoms with van der Waals surface area (Å²) in [4.78, 5) is 12.2. The molecule has 0 aliphatic carbocycles. The predicted molar refractivity (Wildman–Crippen MR) is 64.0 cm³/mol. The summed E-state index contributed by atoms with van der Waals surface area (Å²) in [5.74, 6) is 0.114. The van der Waals surface area contributed by atoms with Gasteiger partial charge >= 0.3 is 5.97 Å². The second kappa shape index (κ2) is 4.72. The SMILES string of the molecule is CC(C)(C)OC(=O)C(C)(CN)[C@H]1CCNC1. The summed E-state index contributed by atoms with van der Waals surface area (Å²) < 4.78 is 5.46. The Balaban J connectivity index is 2.74. The second-order valence-electron chi connectivity index (χ2n) is 5.81. The number of carbonyl (C=O) groups excluding carboxylic acids is 1. The van der Waals surface area contributed by atoms with Crippen molar-refractivity contribution in [3.8, 4) is 0 Å². The summed E-state index contributed by atoms with van der Waals surface area (Å²) in [6, 6.07) is 0. The Morgan fingerprint density at radius 2 is 2.06 bits per heavy atom. The van der Waals surface area contributed by atoms with Crippen LogP contribution in [-0.2, 0) is 9.53 Å². The zero-order chi connectivity index (χ0) is 12.4. The number of carbonyl (C=O) groups is 1. The summed E-state index contributed by atoms with van der Waals surface area (Å²) in [6.07, 6.45) is 0.993. The lowest BCUT2D eigenvalue weighted by molar-refractivity contribution is -0.169. The number of nitrogens with one attached hydrogen (secondary N) is 1. The van der Waals surface area contributed by atoms with Crippen LogP contribution in [0.3, 0.4) is 0 Å². The van der Waals surface area contributed by atoms with Crippen LogP contribution in [0.2, 0.25) is 0 Å². The van der Waals surface area contributed by atoms with Crippen LogP contribution in [0.5, 0.6) is 0 Å². The van der Waals surface area contributed by atoms with Gasteiger partial charge in [0.15, 0.2) is 0 Å². The van der Waals surface area contributed by atoms with Crippen LogP contribution in [0.4, 0.5) is 0 Å². The molecule has 3 N–H and O–H groups in total. The highest BCUT2D eigenvalue weighted by Crippen LogP contribution is 2.33. The Morgan fingerprint density at radius 1 is 1.44 bits per heavy atom. The van der Waals surface area contributed by atoms with Crippen molar-refractivity contribution < 1.29 is 9.53 Å². The highest BCUT2D eigenvalue weighted by atomic mass is 16.6. The average molecular weight is 228 g/mol. The Hall–Kier alpha value is -0.610. The van der Waals surface area contributed by atoms with Crippen LogP contribution in [0, 0.1) is 11.3 Å². The predicted octanol–water partition coefficient (Wildman–Crippen LogP) is 0.903. The fraction of sp³-hybridized carbons (Fsp3) is 0.917. The maximum Gasteiger partial charge on any atom is 0.313 e. The van der Waals surface area contributed by atoms with E-state index in [0.29, 0.717) is 6.54 Å². The molecule has 4 heteroatoms. The summed E-state index contributed by atoms with van der Waals surface area (Å²) >= 11 is 0. The van der Waals surface area contributed by atoms with Gasteiger partial charge in [0.1, 0.15) is 5.60 Å². The van der Waals surface area contributed by atoms with Gasteiger partial charge in [0.25, 0.3) is 0 Å². The van der Waals surface area contributed by atoms with Crippen LogP contribution in [0.15, 0.2) is 0 Å². The van der Waals surface area contributed by atoms with Gasteiger partial charge in [0.05, 0.1) is 5.41 Å². The van der Waals surface area contributed by atoms with E-state index in [9.17, 15) is 4.79 Å². The lowest BCUT2D eigenvalue weighted by Crippen LogP contribution is -2.46. The van der Waals surface area contributed by atoms with Gasteiger partial charge in [0, 0.05) is 6.54 Å². The minimum Gasteiger partial charge on any atom is -0.460 e. The van der Waals surface area contributed by atoms with E-state index in [0.717, 1.165) is 19.5 Å². The molecule has 0 amide bonds. The number of nitrogens with two attached hydrogens (primary N) is 1. The van der Waals surface area contributed by atoms with Crippen molar-refractivity contribution in [2.24, 2.45) is 17.1 Å². The van der Waals surface area contributed by atoms with Crippen molar-refractivity contribution in [1.82, 2.24) is 5.32 Å². The minimum atomic E-state index is -0.559. The molecule has 0 spiro atoms. The Morgan fingerprint density at radius 3 is 2.44 bits per heavy atom. The van der Waals surface area contributed by atoms with E-state index >= 15 is 0 Å². The van der Waals surface area contributed by atoms with Crippen molar-refractivity contribution in [2.45, 2.75) is 39.7 Å². The van der Waals surface area contributed by atoms with E-state index in [2.05, 4.69) is 5.32 Å². The molecule has 0 aromatic carbocycles. The normalized spacial score (nSPS) is 25.2. The van der Waals surface area contributed by atoms with E-state index in [4.69, 9.17) is 10.5 Å². The number of esters is 1. The topological polar surface area (TPSA) is 64.3 Å². The van der Waals surface area contributed by atoms with E-state index in [1.807, 2.05) is 27.7 Å². The summed E-state index contributed by atoms with van der Waals surface area (Å²) in [5, 5.41) is 3.27. The van der Waals surface area contributed by atoms with Gasteiger partial charge in [-0.2, -0.15) is 0 Å². The smallest absolute Gasteiger partial charge is 0.313 e. The molecule has 1 unspecified atom stereocenters. The van der Waals surface area contributed by atoms with Crippen molar-refractivity contribution in [1.29, 1.82) is 0 Å². The van der Waals surface area contributed by atoms with Crippen LogP contribution in [-0.4, -0.2) is 31.2 Å². The van der Waals surface area contributed by atoms with Gasteiger partial charge in [-0.1, -0.05) is 0 Å². The molecule has 1 fully saturated rings. The molecular formula is C12H24N2O2. The van der Waals surface area contributed by atoms with Crippen molar-refractivity contribution in [3.05, 3.63) is 0 Å². The van der Waals surface area contributed by atoms with E-state index in [1.54, 1.807) is 0 Å². The van der Waals surface area contributed by atoms with E-state index < -0.39 is 11.0 Å². The van der Waals surface area contributed by atoms with Gasteiger partial charge in [0.2, 0.25) is 0 Å². The molecule has 0 saturated carbocycles. The molecule has 0 aromatic heterocycles. The molecule has 1 rings (SSSR count). The van der Waals surface area contributed by atoms with E-state index in [1.165, 1.54) is 0 Å². The average Bonchev–Trinajstić information content (AvgIpc) is 2.66. The van der Waals surface area contributed by atoms with Gasteiger partial charge in [-0.15, -0.1) is 0 Å². The third-order valence-electron chi connectivity index (χ3n) is 3.25. The fourth-order valence-electron chi connectivity index (χ4n) is 2.01. The number of rotatable bonds is 3. The molecule has 1 saturated heterocycles. The molecule has 1 aliphatic heterocycles. The molecule has 16 heavy (non-hydrogen) atoms. The van der Waals surface area contributed by atoms with Gasteiger partial charge < -0.3 is 15.8 Å². The van der Waals surface area contributed by atoms with Crippen LogP contribution in [0.25, 0.3) is 0 Å². The summed E-state index contributed by atoms with van der Waals surface area (Å²) in [5.41, 5.74) is 4.77. The minimum absolute atomic E-state index is 0.170. The molecule has 0 aromatic rings. The quantitative estimate of drug-likeness (QED) is 0.705. The summed E-state index contributed by atoms with van der Waals surface area (Å²) in [7, 11) is 0. The molecule has 0 bridgehead atoms. The lowest BCUT2D eigenvalue weighted by Gasteiger charge is -2.34. The lowest BCUT2D eigenvalue weighted by atomic mass is 9.76. The Bertz CT molecular complexity index is 254. The molecule has 94 valence electrons. The van der Waals surface area contributed by atoms with Crippen molar-refractivity contribution >= 4 is 5.97 Å². The van der Waals surface area contributed by atoms with Gasteiger partial charge in [-0.25, -0.2) is 0 Å². The summed E-state index contributed by atoms with van der Waals surface area (Å²) in [6.45, 7) is 9.72. The van der Waals surface area contributed by atoms with Crippen LogP contribution < -0.4 is 11.1 Å². The highest BCUT2D eigenvalue weighted by molar-refractivity contribution is 5.77. The van der Waals surface area contributed by atoms with Crippen molar-refractivity contribution in [3.63, 3.8) is 0 Å². The first-order chi connectivity index (χ1) is 7.29. The Labute approximate surface area is 97.9 Å². The first kappa shape index (κ1) is 13.5. The second-order valence-corrected chi connectivity index (χ2v) is 5.81. The van der Waals surface area contributed by atoms with E-state index in [-0.39, 0.29) is 11.9 Å². The zero-order valence-electron chi connectivity index (χ0n) is 10.8. The fourth-order valence-corrected chi connectivity index (χ4v) is 2.01. The van der Waals surface area contributed by atoms with Crippen LogP contribution >= 0.6 is 0 Å². The standard InChI is InChI=1S/C12H24N2O2/c1-11(2,3)16-10(15)12(4,8-13)9-5-6-14-7-9/h9,14H,5-8,13H2,1-4H3/t9-,12?/m0/s1. The number of ether oxygens (including phenoxy) is 1. The highest BCUT2D eigenvalue weighted by Gasteiger charge is 2.43. The molecule has 4 nitrogen and oxygen atoms in total. The maximum atomic E-state index is 12.2. The third-order valence-corrected chi connectivity index (χ3v) is 3.25. The van der Waals surface area contributed by atoms with Gasteiger partial charge in [-0.05, 0) is 53.1 Å². The monoisotopic (exact) mass is 228 g/mol. The van der Waals surface area contributed by atoms with Crippen LogP contribution in [0.1, 0.15) is 34.1 Å². The number of hydrogen-bond donors (Lipinski definition) is 2. The maximum absolute atomic E-state index is 12.2. The molecule has 0 radical (unpaired) electrons. The number of hydrogen-bond acceptors (Lipinski definition) is 4. The molecule has 1 aliphatic rings. The van der Waals surface area contributed by atoms with Gasteiger partial charge in [-0.3, -0.25) is 4.79 Å². The Kier molecular flexibility index (Phi) is 3.97. The zero-order valence-corrected chi connectivity index (χ0v) is 10.8. The third kappa shape index (κ3) is 2.95. The molecule has 2 atom stereocenters. The first-order valence-corrected chi connectivity index (χ1v) is 5.94. The molecule has 1 heterocycles. The van der Waals surface area contributed by atoms with Crippen molar-refractivity contribution in [2.75, 3.05) is 19.6 Å². The molecular weight excluding hydrogens is 204 g/mol. The largest absolute Gasteiger partial charge is 0.460 e. The first-order valence-electron chi connectivity index (χ1n) is 5.94.